The van der Waals surface area contributed by atoms with E-state index in [9.17, 15) is 0 Å². The minimum atomic E-state index is 0.625. The van der Waals surface area contributed by atoms with E-state index in [-0.39, 0.29) is 0 Å². The van der Waals surface area contributed by atoms with Gasteiger partial charge in [-0.15, -0.1) is 0 Å². The lowest BCUT2D eigenvalue weighted by molar-refractivity contribution is 0.308. The predicted molar refractivity (Wildman–Crippen MR) is 148 cm³/mol. The maximum absolute atomic E-state index is 6.12. The zero-order valence-corrected chi connectivity index (χ0v) is 21.5. The first-order chi connectivity index (χ1) is 17.1. The predicted octanol–water partition coefficient (Wildman–Crippen LogP) is 6.47. The number of hydrogen-bond donors (Lipinski definition) is 2. The van der Waals surface area contributed by atoms with Crippen LogP contribution in [0.5, 0.6) is 5.75 Å². The van der Waals surface area contributed by atoms with Gasteiger partial charge >= 0.3 is 0 Å². The fourth-order valence-corrected chi connectivity index (χ4v) is 3.78. The molecule has 1 aliphatic rings. The molecular weight excluding hydrogens is 432 g/mol. The van der Waals surface area contributed by atoms with E-state index >= 15 is 0 Å². The molecule has 2 aromatic carbocycles. The number of para-hydroxylation sites is 1. The summed E-state index contributed by atoms with van der Waals surface area (Å²) in [5.74, 6) is 3.28. The van der Waals surface area contributed by atoms with E-state index in [1.54, 1.807) is 7.05 Å². The van der Waals surface area contributed by atoms with E-state index in [1.807, 2.05) is 30.3 Å². The quantitative estimate of drug-likeness (QED) is 0.495. The van der Waals surface area contributed by atoms with E-state index < -0.39 is 0 Å². The van der Waals surface area contributed by atoms with Crippen molar-refractivity contribution in [1.29, 1.82) is 0 Å². The Hall–Kier alpha value is -3.60. The van der Waals surface area contributed by atoms with Gasteiger partial charge in [0.15, 0.2) is 0 Å². The number of rotatable bonds is 2. The summed E-state index contributed by atoms with van der Waals surface area (Å²) in [6, 6.07) is 16.5. The topological polar surface area (TPSA) is 58.0 Å². The Labute approximate surface area is 210 Å². The van der Waals surface area contributed by atoms with Crippen molar-refractivity contribution in [3.63, 3.8) is 0 Å². The molecule has 0 amide bonds. The minimum absolute atomic E-state index is 0.625. The molecule has 1 heterocycles. The van der Waals surface area contributed by atoms with Crippen LogP contribution in [-0.4, -0.2) is 25.3 Å². The molecular formula is C30H38N4O. The highest BCUT2D eigenvalue weighted by Gasteiger charge is 2.11. The van der Waals surface area contributed by atoms with Gasteiger partial charge in [0.2, 0.25) is 0 Å². The van der Waals surface area contributed by atoms with Crippen LogP contribution in [-0.2, 0) is 6.54 Å². The minimum Gasteiger partial charge on any atom is -0.493 e. The molecule has 184 valence electrons. The van der Waals surface area contributed by atoms with Gasteiger partial charge < -0.3 is 15.4 Å². The molecule has 35 heavy (non-hydrogen) atoms. The van der Waals surface area contributed by atoms with Crippen LogP contribution < -0.4 is 15.4 Å². The van der Waals surface area contributed by atoms with Crippen LogP contribution in [0.3, 0.4) is 0 Å². The van der Waals surface area contributed by atoms with Gasteiger partial charge in [-0.1, -0.05) is 67.1 Å². The molecule has 3 rings (SSSR count). The van der Waals surface area contributed by atoms with E-state index in [0.29, 0.717) is 13.2 Å². The molecule has 1 aliphatic heterocycles. The number of benzene rings is 2. The molecule has 2 aromatic rings. The summed E-state index contributed by atoms with van der Waals surface area (Å²) in [6.45, 7) is 7.67. The Morgan fingerprint density at radius 3 is 2.66 bits per heavy atom. The van der Waals surface area contributed by atoms with Crippen molar-refractivity contribution in [2.75, 3.05) is 13.7 Å². The lowest BCUT2D eigenvalue weighted by Crippen LogP contribution is -2.32. The van der Waals surface area contributed by atoms with E-state index in [1.165, 1.54) is 5.57 Å². The second-order valence-electron chi connectivity index (χ2n) is 8.62. The number of aryl methyl sites for hydroxylation is 1. The summed E-state index contributed by atoms with van der Waals surface area (Å²) in [6.07, 6.45) is 12.4. The zero-order chi connectivity index (χ0) is 24.9. The number of ether oxygens (including phenoxy) is 1. The second kappa shape index (κ2) is 14.0. The fraction of sp³-hybridized carbons (Fsp3) is 0.333. The molecule has 0 aliphatic carbocycles. The number of aliphatic imine (C=N–C) groups is 2. The Morgan fingerprint density at radius 2 is 1.86 bits per heavy atom. The van der Waals surface area contributed by atoms with Crippen molar-refractivity contribution in [3.8, 4) is 5.75 Å². The van der Waals surface area contributed by atoms with Crippen molar-refractivity contribution >= 4 is 11.7 Å². The van der Waals surface area contributed by atoms with Crippen LogP contribution in [0.2, 0.25) is 0 Å². The lowest BCUT2D eigenvalue weighted by Gasteiger charge is -2.16. The van der Waals surface area contributed by atoms with E-state index in [4.69, 9.17) is 9.73 Å². The summed E-state index contributed by atoms with van der Waals surface area (Å²) in [7, 11) is 1.81. The number of hydrogen-bond acceptors (Lipinski definition) is 4. The van der Waals surface area contributed by atoms with Crippen LogP contribution in [0.15, 0.2) is 94.2 Å². The molecule has 0 saturated heterocycles. The summed E-state index contributed by atoms with van der Waals surface area (Å²) in [5, 5.41) is 7.03. The summed E-state index contributed by atoms with van der Waals surface area (Å²) >= 11 is 0. The molecule has 0 spiro atoms. The molecule has 0 atom stereocenters. The van der Waals surface area contributed by atoms with Gasteiger partial charge in [-0.25, -0.2) is 4.99 Å². The van der Waals surface area contributed by atoms with Crippen LogP contribution in [0.25, 0.3) is 0 Å². The molecule has 0 fully saturated rings. The first-order valence-electron chi connectivity index (χ1n) is 12.5. The van der Waals surface area contributed by atoms with E-state index in [2.05, 4.69) is 78.9 Å². The molecule has 0 radical (unpaired) electrons. The van der Waals surface area contributed by atoms with Crippen LogP contribution in [0.4, 0.5) is 0 Å². The fourth-order valence-electron chi connectivity index (χ4n) is 3.78. The zero-order valence-electron chi connectivity index (χ0n) is 21.5. The van der Waals surface area contributed by atoms with E-state index in [0.717, 1.165) is 65.6 Å². The highest BCUT2D eigenvalue weighted by atomic mass is 16.5. The van der Waals surface area contributed by atoms with Crippen molar-refractivity contribution < 1.29 is 4.74 Å². The van der Waals surface area contributed by atoms with Crippen molar-refractivity contribution in [3.05, 3.63) is 101 Å². The Balaban J connectivity index is 2.02. The first-order valence-corrected chi connectivity index (χ1v) is 12.5. The van der Waals surface area contributed by atoms with Crippen molar-refractivity contribution in [2.24, 2.45) is 9.98 Å². The highest BCUT2D eigenvalue weighted by Crippen LogP contribution is 2.19. The Morgan fingerprint density at radius 1 is 1.06 bits per heavy atom. The van der Waals surface area contributed by atoms with Crippen molar-refractivity contribution in [2.45, 2.75) is 53.0 Å². The molecule has 0 bridgehead atoms. The number of fused-ring (bicyclic) bond motifs is 1. The standard InChI is InChI=1S/C30H38N4O/c1-5-14-28-32-22-25-17-10-12-19-27(25)35-20-13-7-6-8-15-23(2)21-29(31-4)34-30(33-28)26-18-11-9-16-24(26)3/h6,8-12,14,16-19,21,32H,5,7,13,15,20,22H2,1-4H3,(H,31,33,34)/b8-6-,23-21+,28-14+. The second-order valence-corrected chi connectivity index (χ2v) is 8.62. The highest BCUT2D eigenvalue weighted by molar-refractivity contribution is 6.13. The molecule has 0 aromatic heterocycles. The third kappa shape index (κ3) is 8.29. The normalized spacial score (nSPS) is 22.2. The number of allylic oxidation sites excluding steroid dienone is 4. The molecule has 2 N–H and O–H groups in total. The number of nitrogens with zero attached hydrogens (tertiary/aromatic N) is 2. The monoisotopic (exact) mass is 470 g/mol. The van der Waals surface area contributed by atoms with Crippen LogP contribution >= 0.6 is 0 Å². The summed E-state index contributed by atoms with van der Waals surface area (Å²) < 4.78 is 6.12. The maximum atomic E-state index is 6.12. The summed E-state index contributed by atoms with van der Waals surface area (Å²) in [4.78, 5) is 9.55. The average Bonchev–Trinajstić information content (AvgIpc) is 2.86. The first kappa shape index (κ1) is 26.0. The Bertz CT molecular complexity index is 1120. The van der Waals surface area contributed by atoms with Gasteiger partial charge in [0.05, 0.1) is 6.61 Å². The van der Waals surface area contributed by atoms with Gasteiger partial charge in [-0.05, 0) is 63.3 Å². The molecule has 5 heteroatoms. The third-order valence-corrected chi connectivity index (χ3v) is 5.71. The van der Waals surface area contributed by atoms with Gasteiger partial charge in [0.1, 0.15) is 23.2 Å². The molecule has 5 nitrogen and oxygen atoms in total. The largest absolute Gasteiger partial charge is 0.493 e. The number of nitrogens with one attached hydrogen (secondary N) is 2. The van der Waals surface area contributed by atoms with Crippen molar-refractivity contribution in [1.82, 2.24) is 10.6 Å². The maximum Gasteiger partial charge on any atom is 0.141 e. The molecule has 0 unspecified atom stereocenters. The average molecular weight is 471 g/mol. The van der Waals surface area contributed by atoms with Crippen LogP contribution in [0.1, 0.15) is 56.2 Å². The van der Waals surface area contributed by atoms with Gasteiger partial charge in [-0.3, -0.25) is 4.99 Å². The number of amidine groups is 2. The van der Waals surface area contributed by atoms with Crippen LogP contribution in [0, 0.1) is 6.92 Å². The summed E-state index contributed by atoms with van der Waals surface area (Å²) in [5.41, 5.74) is 4.53. The lowest BCUT2D eigenvalue weighted by atomic mass is 10.1. The molecule has 0 saturated carbocycles. The van der Waals surface area contributed by atoms with Gasteiger partial charge in [0.25, 0.3) is 0 Å². The van der Waals surface area contributed by atoms with Gasteiger partial charge in [-0.2, -0.15) is 0 Å². The van der Waals surface area contributed by atoms with Gasteiger partial charge in [0, 0.05) is 24.7 Å². The smallest absolute Gasteiger partial charge is 0.141 e. The SMILES string of the molecule is CC/C=C1/N=C(\c2ccccc2C)NC(=NC)/C=C(\C)C/C=C\CCCOc2ccccc2CN1. The third-order valence-electron chi connectivity index (χ3n) is 5.71. The Kier molecular flexibility index (Phi) is 10.4.